The van der Waals surface area contributed by atoms with Gasteiger partial charge in [0.1, 0.15) is 36.5 Å². The van der Waals surface area contributed by atoms with Gasteiger partial charge in [-0.2, -0.15) is 5.26 Å². The zero-order valence-corrected chi connectivity index (χ0v) is 32.3. The predicted octanol–water partition coefficient (Wildman–Crippen LogP) is 2.40. The maximum absolute atomic E-state index is 12.7. The molecule has 0 bridgehead atoms. The van der Waals surface area contributed by atoms with E-state index in [0.29, 0.717) is 0 Å². The number of nitrogens with zero attached hydrogens (tertiary/aromatic N) is 1. The van der Waals surface area contributed by atoms with Crippen LogP contribution in [0.4, 0.5) is 0 Å². The van der Waals surface area contributed by atoms with Crippen LogP contribution in [0.15, 0.2) is 0 Å². The van der Waals surface area contributed by atoms with Gasteiger partial charge in [0.15, 0.2) is 24.6 Å². The Morgan fingerprint density at radius 3 is 1.88 bits per heavy atom. The van der Waals surface area contributed by atoms with Crippen molar-refractivity contribution >= 4 is 50.1 Å². The molecule has 0 aromatic rings. The molecule has 1 N–H and O–H groups in total. The maximum atomic E-state index is 12.7. The van der Waals surface area contributed by atoms with Crippen LogP contribution in [0, 0.1) is 11.3 Å². The standard InChI is InChI=1S/C32H50N2O14SSi/c1-16(35)34-23-26(25-22(46-30(23)49-13-12-33)15-41-50(48-25,31(6,7)8)32(9,10)11)47-29-28(44-20(5)39)27(43-19(4)38)24(42-18(3)37)21(45-29)14-40-17(2)36/h21-30H,13-15H2,1-11H3,(H,34,35)/t21-,22?,23?,24-,25+,26+,27?,28?,29-,30-/m0/s1. The van der Waals surface area contributed by atoms with E-state index in [2.05, 4.69) is 11.4 Å². The molecular formula is C32H50N2O14SSi. The molecule has 3 aliphatic heterocycles. The molecule has 3 fully saturated rings. The highest BCUT2D eigenvalue weighted by atomic mass is 32.2. The van der Waals surface area contributed by atoms with E-state index < -0.39 is 116 Å². The van der Waals surface area contributed by atoms with Crippen LogP contribution in [-0.2, 0) is 66.0 Å². The second kappa shape index (κ2) is 16.7. The van der Waals surface area contributed by atoms with E-state index in [1.165, 1.54) is 13.8 Å². The van der Waals surface area contributed by atoms with E-state index in [-0.39, 0.29) is 12.4 Å². The number of hydrogen-bond acceptors (Lipinski definition) is 16. The molecule has 0 aromatic heterocycles. The Bertz CT molecular complexity index is 1300. The highest BCUT2D eigenvalue weighted by molar-refractivity contribution is 8.00. The van der Waals surface area contributed by atoms with Gasteiger partial charge in [-0.25, -0.2) is 0 Å². The summed E-state index contributed by atoms with van der Waals surface area (Å²) < 4.78 is 55.1. The zero-order valence-electron chi connectivity index (χ0n) is 30.5. The molecule has 3 aliphatic rings. The molecule has 0 saturated carbocycles. The second-order valence-corrected chi connectivity index (χ2v) is 20.3. The number of esters is 4. The fraction of sp³-hybridized carbons (Fsp3) is 0.812. The van der Waals surface area contributed by atoms with Crippen molar-refractivity contribution in [3.8, 4) is 6.07 Å². The van der Waals surface area contributed by atoms with Crippen LogP contribution >= 0.6 is 11.8 Å². The number of carbonyl (C=O) groups excluding carboxylic acids is 5. The number of fused-ring (bicyclic) bond motifs is 1. The van der Waals surface area contributed by atoms with Crippen molar-refractivity contribution in [2.75, 3.05) is 19.0 Å². The molecule has 0 aromatic carbocycles. The summed E-state index contributed by atoms with van der Waals surface area (Å²) in [6.07, 6.45) is -9.96. The summed E-state index contributed by atoms with van der Waals surface area (Å²) in [6.45, 7) is 17.7. The summed E-state index contributed by atoms with van der Waals surface area (Å²) in [7, 11) is -3.21. The average molecular weight is 747 g/mol. The van der Waals surface area contributed by atoms with Crippen LogP contribution in [0.25, 0.3) is 0 Å². The molecule has 0 spiro atoms. The van der Waals surface area contributed by atoms with Gasteiger partial charge in [0.2, 0.25) is 5.91 Å². The maximum Gasteiger partial charge on any atom is 0.349 e. The average Bonchev–Trinajstić information content (AvgIpc) is 2.96. The predicted molar refractivity (Wildman–Crippen MR) is 177 cm³/mol. The van der Waals surface area contributed by atoms with Crippen molar-refractivity contribution < 1.29 is 66.0 Å². The third-order valence-electron chi connectivity index (χ3n) is 8.30. The topological polar surface area (TPSA) is 204 Å². The summed E-state index contributed by atoms with van der Waals surface area (Å²) in [4.78, 5) is 61.7. The number of thioether (sulfide) groups is 1. The van der Waals surface area contributed by atoms with Crippen molar-refractivity contribution in [1.29, 1.82) is 5.26 Å². The lowest BCUT2D eigenvalue weighted by Crippen LogP contribution is -2.74. The van der Waals surface area contributed by atoms with Gasteiger partial charge in [-0.1, -0.05) is 41.5 Å². The fourth-order valence-corrected chi connectivity index (χ4v) is 12.6. The van der Waals surface area contributed by atoms with Crippen LogP contribution in [0.3, 0.4) is 0 Å². The monoisotopic (exact) mass is 746 g/mol. The number of nitriles is 1. The molecule has 3 heterocycles. The smallest absolute Gasteiger partial charge is 0.349 e. The number of rotatable bonds is 10. The number of hydrogen-bond donors (Lipinski definition) is 1. The normalized spacial score (nSPS) is 32.4. The molecule has 10 atom stereocenters. The Morgan fingerprint density at radius 1 is 0.820 bits per heavy atom. The number of ether oxygens (including phenoxy) is 7. The minimum Gasteiger partial charge on any atom is -0.463 e. The molecule has 4 unspecified atom stereocenters. The Kier molecular flexibility index (Phi) is 13.9. The Morgan fingerprint density at radius 2 is 1.38 bits per heavy atom. The van der Waals surface area contributed by atoms with Gasteiger partial charge in [0.25, 0.3) is 0 Å². The third-order valence-corrected chi connectivity index (χ3v) is 14.5. The largest absolute Gasteiger partial charge is 0.463 e. The molecule has 50 heavy (non-hydrogen) atoms. The molecule has 18 heteroatoms. The summed E-state index contributed by atoms with van der Waals surface area (Å²) >= 11 is 1.13. The highest BCUT2D eigenvalue weighted by Gasteiger charge is 2.66. The molecule has 282 valence electrons. The Labute approximate surface area is 298 Å². The van der Waals surface area contributed by atoms with Crippen molar-refractivity contribution in [3.63, 3.8) is 0 Å². The van der Waals surface area contributed by atoms with E-state index in [1.54, 1.807) is 0 Å². The minimum absolute atomic E-state index is 0.00823. The summed E-state index contributed by atoms with van der Waals surface area (Å²) in [5.41, 5.74) is -0.832. The lowest BCUT2D eigenvalue weighted by molar-refractivity contribution is -0.334. The first-order chi connectivity index (χ1) is 23.1. The van der Waals surface area contributed by atoms with Crippen molar-refractivity contribution in [1.82, 2.24) is 5.32 Å². The molecule has 0 radical (unpaired) electrons. The van der Waals surface area contributed by atoms with Crippen LogP contribution in [0.5, 0.6) is 0 Å². The van der Waals surface area contributed by atoms with Gasteiger partial charge in [-0.05, 0) is 0 Å². The Hall–Kier alpha value is -2.79. The van der Waals surface area contributed by atoms with Crippen molar-refractivity contribution in [3.05, 3.63) is 0 Å². The van der Waals surface area contributed by atoms with Crippen molar-refractivity contribution in [2.45, 2.75) is 147 Å². The molecular weight excluding hydrogens is 697 g/mol. The quantitative estimate of drug-likeness (QED) is 0.194. The van der Waals surface area contributed by atoms with Crippen LogP contribution in [-0.4, -0.2) is 118 Å². The number of amides is 1. The van der Waals surface area contributed by atoms with Gasteiger partial charge in [0.05, 0.1) is 24.5 Å². The van der Waals surface area contributed by atoms with Gasteiger partial charge < -0.3 is 47.3 Å². The van der Waals surface area contributed by atoms with E-state index in [9.17, 15) is 29.2 Å². The first kappa shape index (κ1) is 41.6. The Balaban J connectivity index is 2.22. The first-order valence-electron chi connectivity index (χ1n) is 16.3. The molecule has 3 saturated heterocycles. The summed E-state index contributed by atoms with van der Waals surface area (Å²) in [5.74, 6) is -3.48. The molecule has 1 amide bonds. The highest BCUT2D eigenvalue weighted by Crippen LogP contribution is 2.55. The van der Waals surface area contributed by atoms with E-state index in [0.717, 1.165) is 32.5 Å². The van der Waals surface area contributed by atoms with Gasteiger partial charge in [-0.3, -0.25) is 24.0 Å². The lowest BCUT2D eigenvalue weighted by atomic mass is 9.95. The third kappa shape index (κ3) is 9.75. The van der Waals surface area contributed by atoms with Gasteiger partial charge in [0, 0.05) is 44.7 Å². The van der Waals surface area contributed by atoms with Gasteiger partial charge in [-0.15, -0.1) is 11.8 Å². The van der Waals surface area contributed by atoms with E-state index in [1.807, 2.05) is 41.5 Å². The SMILES string of the molecule is CC(=O)NC1[C@@H](O[C@@H]2O[C@@H](COC(C)=O)[C@H](OC(C)=O)C(OC(C)=O)C2OC(C)=O)[C@@H]2O[Si](C(C)(C)C)(C(C)(C)C)OCC2O[C@H]1SCC#N. The van der Waals surface area contributed by atoms with Crippen LogP contribution in [0.2, 0.25) is 10.1 Å². The molecule has 16 nitrogen and oxygen atoms in total. The minimum atomic E-state index is -3.21. The van der Waals surface area contributed by atoms with E-state index in [4.69, 9.17) is 42.0 Å². The first-order valence-corrected chi connectivity index (χ1v) is 19.2. The number of nitrogens with one attached hydrogen (secondary N) is 1. The lowest BCUT2D eigenvalue weighted by Gasteiger charge is -2.58. The fourth-order valence-electron chi connectivity index (χ4n) is 6.78. The van der Waals surface area contributed by atoms with Crippen LogP contribution in [0.1, 0.15) is 76.2 Å². The van der Waals surface area contributed by atoms with Crippen molar-refractivity contribution in [2.24, 2.45) is 0 Å². The number of carbonyl (C=O) groups is 5. The summed E-state index contributed by atoms with van der Waals surface area (Å²) in [5, 5.41) is 11.4. The second-order valence-electron chi connectivity index (χ2n) is 14.4. The van der Waals surface area contributed by atoms with Gasteiger partial charge >= 0.3 is 32.4 Å². The zero-order chi connectivity index (χ0) is 37.8. The molecule has 3 rings (SSSR count). The van der Waals surface area contributed by atoms with Crippen LogP contribution < -0.4 is 5.32 Å². The summed E-state index contributed by atoms with van der Waals surface area (Å²) in [6, 6.07) is 1.12. The molecule has 0 aliphatic carbocycles. The van der Waals surface area contributed by atoms with E-state index >= 15 is 0 Å².